The Hall–Kier alpha value is -2.34. The first-order valence-electron chi connectivity index (χ1n) is 5.31. The van der Waals surface area contributed by atoms with Crippen LogP contribution in [0, 0.1) is 0 Å². The summed E-state index contributed by atoms with van der Waals surface area (Å²) in [5.74, 6) is 1.16. The van der Waals surface area contributed by atoms with Crippen LogP contribution in [0.25, 0.3) is 16.9 Å². The molecular formula is C12H9N5S. The Morgan fingerprint density at radius 3 is 2.72 bits per heavy atom. The number of hydrogen-bond donors (Lipinski definition) is 1. The van der Waals surface area contributed by atoms with E-state index in [4.69, 9.17) is 18.0 Å². The lowest BCUT2D eigenvalue weighted by Gasteiger charge is -2.06. The number of fused-ring (bicyclic) bond motifs is 1. The Kier molecular flexibility index (Phi) is 2.49. The van der Waals surface area contributed by atoms with Crippen molar-refractivity contribution in [2.45, 2.75) is 0 Å². The van der Waals surface area contributed by atoms with Gasteiger partial charge in [0.15, 0.2) is 11.6 Å². The van der Waals surface area contributed by atoms with Crippen LogP contribution >= 0.6 is 12.2 Å². The van der Waals surface area contributed by atoms with Crippen LogP contribution in [0.15, 0.2) is 42.9 Å². The smallest absolute Gasteiger partial charge is 0.173 e. The molecule has 6 heteroatoms. The summed E-state index contributed by atoms with van der Waals surface area (Å²) >= 11 is 4.95. The number of aromatic nitrogens is 4. The van der Waals surface area contributed by atoms with Gasteiger partial charge < -0.3 is 5.73 Å². The number of benzene rings is 1. The van der Waals surface area contributed by atoms with Crippen molar-refractivity contribution in [1.29, 1.82) is 0 Å². The van der Waals surface area contributed by atoms with Gasteiger partial charge in [-0.2, -0.15) is 0 Å². The molecule has 0 fully saturated rings. The predicted molar refractivity (Wildman–Crippen MR) is 72.5 cm³/mol. The van der Waals surface area contributed by atoms with Crippen molar-refractivity contribution in [3.63, 3.8) is 0 Å². The third-order valence-corrected chi connectivity index (χ3v) is 2.73. The number of thiocarbonyl (C=S) groups is 1. The molecule has 0 radical (unpaired) electrons. The highest BCUT2D eigenvalue weighted by Gasteiger charge is 2.09. The third kappa shape index (κ3) is 1.72. The van der Waals surface area contributed by atoms with Crippen molar-refractivity contribution < 1.29 is 0 Å². The standard InChI is InChI=1S/C12H9N5S/c13-11(18)12-14-5-6-17(12)10-7-15-8-3-1-2-4-9(8)16-10/h1-7H,(H2,13,18). The molecule has 1 aromatic carbocycles. The summed E-state index contributed by atoms with van der Waals surface area (Å²) in [6, 6.07) is 7.66. The van der Waals surface area contributed by atoms with Crippen LogP contribution in [-0.4, -0.2) is 24.5 Å². The molecule has 0 aliphatic heterocycles. The molecule has 88 valence electrons. The highest BCUT2D eigenvalue weighted by Crippen LogP contribution is 2.12. The van der Waals surface area contributed by atoms with Crippen molar-refractivity contribution in [2.24, 2.45) is 5.73 Å². The van der Waals surface area contributed by atoms with Crippen molar-refractivity contribution in [3.05, 3.63) is 48.7 Å². The summed E-state index contributed by atoms with van der Waals surface area (Å²) in [5, 5.41) is 0. The molecular weight excluding hydrogens is 246 g/mol. The van der Waals surface area contributed by atoms with Gasteiger partial charge in [0.05, 0.1) is 17.2 Å². The highest BCUT2D eigenvalue weighted by atomic mass is 32.1. The van der Waals surface area contributed by atoms with Gasteiger partial charge >= 0.3 is 0 Å². The van der Waals surface area contributed by atoms with Gasteiger partial charge in [0.25, 0.3) is 0 Å². The second-order valence-corrected chi connectivity index (χ2v) is 4.14. The minimum Gasteiger partial charge on any atom is -0.387 e. The topological polar surface area (TPSA) is 69.6 Å². The SMILES string of the molecule is NC(=S)c1nccn1-c1cnc2ccccc2n1. The van der Waals surface area contributed by atoms with E-state index in [-0.39, 0.29) is 4.99 Å². The number of para-hydroxylation sites is 2. The fraction of sp³-hybridized carbons (Fsp3) is 0. The molecule has 3 rings (SSSR count). The summed E-state index contributed by atoms with van der Waals surface area (Å²) in [4.78, 5) is 13.2. The van der Waals surface area contributed by atoms with E-state index in [1.165, 1.54) is 0 Å². The van der Waals surface area contributed by atoms with Crippen LogP contribution < -0.4 is 5.73 Å². The van der Waals surface area contributed by atoms with Crippen LogP contribution in [0.3, 0.4) is 0 Å². The van der Waals surface area contributed by atoms with Crippen LogP contribution in [0.4, 0.5) is 0 Å². The second-order valence-electron chi connectivity index (χ2n) is 3.70. The fourth-order valence-electron chi connectivity index (χ4n) is 1.73. The molecule has 0 spiro atoms. The molecule has 2 aromatic heterocycles. The molecule has 0 aliphatic carbocycles. The lowest BCUT2D eigenvalue weighted by molar-refractivity contribution is 0.975. The van der Waals surface area contributed by atoms with E-state index in [0.29, 0.717) is 11.6 Å². The number of rotatable bonds is 2. The average molecular weight is 255 g/mol. The maximum Gasteiger partial charge on any atom is 0.173 e. The van der Waals surface area contributed by atoms with Crippen molar-refractivity contribution >= 4 is 28.2 Å². The molecule has 2 heterocycles. The van der Waals surface area contributed by atoms with Crippen LogP contribution in [0.1, 0.15) is 5.82 Å². The van der Waals surface area contributed by atoms with E-state index in [2.05, 4.69) is 15.0 Å². The molecule has 0 bridgehead atoms. The van der Waals surface area contributed by atoms with Gasteiger partial charge in [-0.3, -0.25) is 9.55 Å². The number of hydrogen-bond acceptors (Lipinski definition) is 4. The van der Waals surface area contributed by atoms with Crippen LogP contribution in [0.2, 0.25) is 0 Å². The van der Waals surface area contributed by atoms with E-state index >= 15 is 0 Å². The Bertz CT molecular complexity index is 734. The first kappa shape index (κ1) is 10.8. The molecule has 0 amide bonds. The zero-order valence-corrected chi connectivity index (χ0v) is 10.1. The van der Waals surface area contributed by atoms with Gasteiger partial charge in [-0.1, -0.05) is 24.4 Å². The molecule has 0 saturated carbocycles. The van der Waals surface area contributed by atoms with E-state index in [9.17, 15) is 0 Å². The Morgan fingerprint density at radius 1 is 1.17 bits per heavy atom. The lowest BCUT2D eigenvalue weighted by Crippen LogP contribution is -2.16. The van der Waals surface area contributed by atoms with Gasteiger partial charge in [-0.25, -0.2) is 9.97 Å². The van der Waals surface area contributed by atoms with Gasteiger partial charge in [0.2, 0.25) is 0 Å². The summed E-state index contributed by atoms with van der Waals surface area (Å²) in [6.45, 7) is 0. The normalized spacial score (nSPS) is 10.7. The minimum atomic E-state index is 0.231. The molecule has 5 nitrogen and oxygen atoms in total. The zero-order chi connectivity index (χ0) is 12.5. The lowest BCUT2D eigenvalue weighted by atomic mass is 10.3. The second kappa shape index (κ2) is 4.15. The first-order valence-corrected chi connectivity index (χ1v) is 5.72. The van der Waals surface area contributed by atoms with Gasteiger partial charge in [0, 0.05) is 12.4 Å². The fourth-order valence-corrected chi connectivity index (χ4v) is 1.89. The monoisotopic (exact) mass is 255 g/mol. The van der Waals surface area contributed by atoms with Gasteiger partial charge in [-0.05, 0) is 12.1 Å². The molecule has 2 N–H and O–H groups in total. The Balaban J connectivity index is 2.19. The predicted octanol–water partition coefficient (Wildman–Crippen LogP) is 1.45. The Morgan fingerprint density at radius 2 is 1.94 bits per heavy atom. The summed E-state index contributed by atoms with van der Waals surface area (Å²) < 4.78 is 1.72. The van der Waals surface area contributed by atoms with Gasteiger partial charge in [-0.15, -0.1) is 0 Å². The van der Waals surface area contributed by atoms with Crippen molar-refractivity contribution in [1.82, 2.24) is 19.5 Å². The quantitative estimate of drug-likeness (QED) is 0.702. The van der Waals surface area contributed by atoms with Crippen LogP contribution in [0.5, 0.6) is 0 Å². The molecule has 0 atom stereocenters. The molecule has 0 saturated heterocycles. The summed E-state index contributed by atoms with van der Waals surface area (Å²) in [7, 11) is 0. The van der Waals surface area contributed by atoms with Crippen molar-refractivity contribution in [2.75, 3.05) is 0 Å². The number of nitrogens with two attached hydrogens (primary N) is 1. The minimum absolute atomic E-state index is 0.231. The molecule has 0 aliphatic rings. The van der Waals surface area contributed by atoms with E-state index in [1.807, 2.05) is 24.3 Å². The third-order valence-electron chi connectivity index (χ3n) is 2.54. The number of imidazole rings is 1. The molecule has 18 heavy (non-hydrogen) atoms. The Labute approximate surface area is 108 Å². The molecule has 3 aromatic rings. The van der Waals surface area contributed by atoms with E-state index < -0.39 is 0 Å². The van der Waals surface area contributed by atoms with Crippen molar-refractivity contribution in [3.8, 4) is 5.82 Å². The van der Waals surface area contributed by atoms with E-state index in [1.54, 1.807) is 23.2 Å². The highest BCUT2D eigenvalue weighted by molar-refractivity contribution is 7.80. The van der Waals surface area contributed by atoms with Gasteiger partial charge in [0.1, 0.15) is 4.99 Å². The summed E-state index contributed by atoms with van der Waals surface area (Å²) in [6.07, 6.45) is 5.06. The average Bonchev–Trinajstić information content (AvgIpc) is 2.87. The first-order chi connectivity index (χ1) is 8.75. The maximum absolute atomic E-state index is 5.61. The largest absolute Gasteiger partial charge is 0.387 e. The zero-order valence-electron chi connectivity index (χ0n) is 9.32. The maximum atomic E-state index is 5.61. The van der Waals surface area contributed by atoms with Crippen LogP contribution in [-0.2, 0) is 0 Å². The van der Waals surface area contributed by atoms with E-state index in [0.717, 1.165) is 11.0 Å². The number of nitrogens with zero attached hydrogens (tertiary/aromatic N) is 4. The molecule has 0 unspecified atom stereocenters. The summed E-state index contributed by atoms with van der Waals surface area (Å²) in [5.41, 5.74) is 7.27.